The first-order valence-corrected chi connectivity index (χ1v) is 5.70. The van der Waals surface area contributed by atoms with E-state index in [1.165, 1.54) is 0 Å². The normalized spacial score (nSPS) is 13.1. The van der Waals surface area contributed by atoms with Gasteiger partial charge in [0.15, 0.2) is 0 Å². The highest BCUT2D eigenvalue weighted by molar-refractivity contribution is 9.09. The Balaban J connectivity index is 2.02. The van der Waals surface area contributed by atoms with Crippen LogP contribution in [0.15, 0.2) is 18.7 Å². The van der Waals surface area contributed by atoms with E-state index < -0.39 is 0 Å². The van der Waals surface area contributed by atoms with Crippen LogP contribution in [-0.2, 0) is 6.54 Å². The Morgan fingerprint density at radius 3 is 3.08 bits per heavy atom. The standard InChI is InChI=1S/C9H16BrN3/c1-9(7-10)12-3-2-5-13-6-4-11-8-13/h4,6,8-9,12H,2-3,5,7H2,1H3. The lowest BCUT2D eigenvalue weighted by Crippen LogP contribution is -2.28. The molecule has 1 atom stereocenters. The smallest absolute Gasteiger partial charge is 0.0945 e. The number of halogens is 1. The molecule has 13 heavy (non-hydrogen) atoms. The second kappa shape index (κ2) is 6.16. The fourth-order valence-corrected chi connectivity index (χ4v) is 1.31. The lowest BCUT2D eigenvalue weighted by molar-refractivity contribution is 0.541. The van der Waals surface area contributed by atoms with Gasteiger partial charge in [0, 0.05) is 30.3 Å². The third kappa shape index (κ3) is 4.43. The third-order valence-corrected chi connectivity index (χ3v) is 2.85. The number of imidazole rings is 1. The molecule has 74 valence electrons. The Bertz CT molecular complexity index is 211. The zero-order chi connectivity index (χ0) is 9.52. The van der Waals surface area contributed by atoms with E-state index in [2.05, 4.69) is 37.7 Å². The summed E-state index contributed by atoms with van der Waals surface area (Å²) in [7, 11) is 0. The summed E-state index contributed by atoms with van der Waals surface area (Å²) in [5.41, 5.74) is 0. The van der Waals surface area contributed by atoms with Gasteiger partial charge in [-0.2, -0.15) is 0 Å². The topological polar surface area (TPSA) is 29.9 Å². The summed E-state index contributed by atoms with van der Waals surface area (Å²) in [5.74, 6) is 0. The van der Waals surface area contributed by atoms with Gasteiger partial charge in [-0.25, -0.2) is 4.98 Å². The van der Waals surface area contributed by atoms with Crippen LogP contribution in [0.5, 0.6) is 0 Å². The van der Waals surface area contributed by atoms with Crippen LogP contribution in [-0.4, -0.2) is 27.5 Å². The first kappa shape index (κ1) is 10.7. The van der Waals surface area contributed by atoms with Crippen molar-refractivity contribution >= 4 is 15.9 Å². The highest BCUT2D eigenvalue weighted by atomic mass is 79.9. The molecule has 0 bridgehead atoms. The average Bonchev–Trinajstić information content (AvgIpc) is 2.64. The number of alkyl halides is 1. The van der Waals surface area contributed by atoms with Crippen LogP contribution in [0.3, 0.4) is 0 Å². The molecule has 0 aromatic carbocycles. The fraction of sp³-hybridized carbons (Fsp3) is 0.667. The lowest BCUT2D eigenvalue weighted by Gasteiger charge is -2.09. The minimum absolute atomic E-state index is 0.558. The Morgan fingerprint density at radius 1 is 1.62 bits per heavy atom. The van der Waals surface area contributed by atoms with Crippen molar-refractivity contribution in [3.8, 4) is 0 Å². The molecular formula is C9H16BrN3. The summed E-state index contributed by atoms with van der Waals surface area (Å²) in [6.45, 7) is 4.28. The second-order valence-electron chi connectivity index (χ2n) is 3.16. The molecule has 0 aliphatic heterocycles. The number of rotatable bonds is 6. The van der Waals surface area contributed by atoms with Gasteiger partial charge in [0.1, 0.15) is 0 Å². The molecule has 0 saturated carbocycles. The Kier molecular flexibility index (Phi) is 5.08. The third-order valence-electron chi connectivity index (χ3n) is 1.88. The van der Waals surface area contributed by atoms with Crippen molar-refractivity contribution in [3.05, 3.63) is 18.7 Å². The zero-order valence-corrected chi connectivity index (χ0v) is 9.50. The van der Waals surface area contributed by atoms with Crippen molar-refractivity contribution in [1.29, 1.82) is 0 Å². The molecule has 0 aliphatic rings. The molecule has 1 heterocycles. The fourth-order valence-electron chi connectivity index (χ4n) is 1.08. The maximum atomic E-state index is 3.99. The molecule has 0 radical (unpaired) electrons. The first-order chi connectivity index (χ1) is 6.33. The quantitative estimate of drug-likeness (QED) is 0.611. The predicted molar refractivity (Wildman–Crippen MR) is 58.1 cm³/mol. The van der Waals surface area contributed by atoms with Gasteiger partial charge in [0.05, 0.1) is 6.33 Å². The molecule has 1 aromatic rings. The molecule has 0 aliphatic carbocycles. The number of nitrogens with one attached hydrogen (secondary N) is 1. The molecule has 1 unspecified atom stereocenters. The van der Waals surface area contributed by atoms with E-state index >= 15 is 0 Å². The SMILES string of the molecule is CC(CBr)NCCCn1ccnc1. The largest absolute Gasteiger partial charge is 0.337 e. The van der Waals surface area contributed by atoms with E-state index in [1.807, 2.05) is 18.7 Å². The van der Waals surface area contributed by atoms with Crippen molar-refractivity contribution < 1.29 is 0 Å². The zero-order valence-electron chi connectivity index (χ0n) is 7.91. The summed E-state index contributed by atoms with van der Waals surface area (Å²) in [5, 5.41) is 4.43. The molecule has 1 N–H and O–H groups in total. The van der Waals surface area contributed by atoms with Crippen LogP contribution >= 0.6 is 15.9 Å². The van der Waals surface area contributed by atoms with Crippen molar-refractivity contribution in [2.45, 2.75) is 25.9 Å². The van der Waals surface area contributed by atoms with Crippen LogP contribution in [0.25, 0.3) is 0 Å². The Hall–Kier alpha value is -0.350. The summed E-state index contributed by atoms with van der Waals surface area (Å²) in [6, 6.07) is 0.558. The van der Waals surface area contributed by atoms with Crippen molar-refractivity contribution in [2.24, 2.45) is 0 Å². The summed E-state index contributed by atoms with van der Waals surface area (Å²) < 4.78 is 2.10. The summed E-state index contributed by atoms with van der Waals surface area (Å²) in [4.78, 5) is 3.99. The molecule has 3 nitrogen and oxygen atoms in total. The van der Waals surface area contributed by atoms with Gasteiger partial charge in [0.25, 0.3) is 0 Å². The second-order valence-corrected chi connectivity index (χ2v) is 3.81. The van der Waals surface area contributed by atoms with Crippen molar-refractivity contribution in [2.75, 3.05) is 11.9 Å². The molecule has 0 fully saturated rings. The van der Waals surface area contributed by atoms with E-state index in [1.54, 1.807) is 0 Å². The molecule has 1 rings (SSSR count). The van der Waals surface area contributed by atoms with Gasteiger partial charge in [-0.05, 0) is 19.9 Å². The molecular weight excluding hydrogens is 230 g/mol. The number of hydrogen-bond donors (Lipinski definition) is 1. The number of aryl methyl sites for hydroxylation is 1. The van der Waals surface area contributed by atoms with Crippen LogP contribution in [0, 0.1) is 0 Å². The summed E-state index contributed by atoms with van der Waals surface area (Å²) >= 11 is 3.43. The van der Waals surface area contributed by atoms with Gasteiger partial charge >= 0.3 is 0 Å². The van der Waals surface area contributed by atoms with E-state index in [9.17, 15) is 0 Å². The molecule has 4 heteroatoms. The lowest BCUT2D eigenvalue weighted by atomic mass is 10.3. The van der Waals surface area contributed by atoms with Crippen LogP contribution < -0.4 is 5.32 Å². The van der Waals surface area contributed by atoms with Crippen LogP contribution in [0.2, 0.25) is 0 Å². The van der Waals surface area contributed by atoms with Gasteiger partial charge in [-0.3, -0.25) is 0 Å². The van der Waals surface area contributed by atoms with E-state index in [4.69, 9.17) is 0 Å². The average molecular weight is 246 g/mol. The van der Waals surface area contributed by atoms with E-state index in [0.717, 1.165) is 24.8 Å². The Morgan fingerprint density at radius 2 is 2.46 bits per heavy atom. The number of hydrogen-bond acceptors (Lipinski definition) is 2. The van der Waals surface area contributed by atoms with Gasteiger partial charge in [-0.15, -0.1) is 0 Å². The van der Waals surface area contributed by atoms with E-state index in [-0.39, 0.29) is 0 Å². The van der Waals surface area contributed by atoms with Crippen LogP contribution in [0.4, 0.5) is 0 Å². The molecule has 0 amide bonds. The van der Waals surface area contributed by atoms with Crippen molar-refractivity contribution in [1.82, 2.24) is 14.9 Å². The van der Waals surface area contributed by atoms with Gasteiger partial charge in [0.2, 0.25) is 0 Å². The maximum absolute atomic E-state index is 3.99. The van der Waals surface area contributed by atoms with Gasteiger partial charge in [-0.1, -0.05) is 15.9 Å². The Labute approximate surface area is 87.7 Å². The minimum atomic E-state index is 0.558. The molecule has 1 aromatic heterocycles. The summed E-state index contributed by atoms with van der Waals surface area (Å²) in [6.07, 6.45) is 6.81. The van der Waals surface area contributed by atoms with Crippen LogP contribution in [0.1, 0.15) is 13.3 Å². The highest BCUT2D eigenvalue weighted by Gasteiger charge is 1.96. The van der Waals surface area contributed by atoms with Crippen molar-refractivity contribution in [3.63, 3.8) is 0 Å². The minimum Gasteiger partial charge on any atom is -0.337 e. The predicted octanol–water partition coefficient (Wildman–Crippen LogP) is 1.65. The molecule has 0 saturated heterocycles. The first-order valence-electron chi connectivity index (χ1n) is 4.58. The van der Waals surface area contributed by atoms with Gasteiger partial charge < -0.3 is 9.88 Å². The number of nitrogens with zero attached hydrogens (tertiary/aromatic N) is 2. The number of aromatic nitrogens is 2. The molecule has 0 spiro atoms. The monoisotopic (exact) mass is 245 g/mol. The van der Waals surface area contributed by atoms with E-state index in [0.29, 0.717) is 6.04 Å². The maximum Gasteiger partial charge on any atom is 0.0945 e. The highest BCUT2D eigenvalue weighted by Crippen LogP contribution is 1.92.